The van der Waals surface area contributed by atoms with E-state index in [0.29, 0.717) is 0 Å². The number of esters is 1. The molecule has 2 rings (SSSR count). The molecule has 0 unspecified atom stereocenters. The van der Waals surface area contributed by atoms with Crippen LogP contribution in [-0.4, -0.2) is 28.8 Å². The molecule has 0 amide bonds. The average Bonchev–Trinajstić information content (AvgIpc) is 2.63. The molecule has 0 fully saturated rings. The highest BCUT2D eigenvalue weighted by molar-refractivity contribution is 8.00. The first-order chi connectivity index (χ1) is 8.13. The van der Waals surface area contributed by atoms with E-state index in [1.54, 1.807) is 17.7 Å². The molecule has 2 aromatic heterocycles. The summed E-state index contributed by atoms with van der Waals surface area (Å²) in [6.07, 6.45) is 1.54. The molecule has 0 atom stereocenters. The van der Waals surface area contributed by atoms with Gasteiger partial charge in [-0.05, 0) is 19.4 Å². The second-order valence-corrected chi connectivity index (χ2v) is 5.69. The third-order valence-corrected chi connectivity index (χ3v) is 4.76. The number of rotatable bonds is 3. The molecule has 0 aromatic carbocycles. The Morgan fingerprint density at radius 2 is 2.24 bits per heavy atom. The number of nitrogens with zero attached hydrogens (tertiary/aromatic N) is 2. The van der Waals surface area contributed by atoms with E-state index in [1.807, 2.05) is 0 Å². The van der Waals surface area contributed by atoms with E-state index in [0.717, 1.165) is 15.2 Å². The minimum atomic E-state index is -0.244. The van der Waals surface area contributed by atoms with Crippen molar-refractivity contribution in [1.82, 2.24) is 9.97 Å². The number of ether oxygens (including phenoxy) is 1. The van der Waals surface area contributed by atoms with E-state index >= 15 is 0 Å². The molecule has 17 heavy (non-hydrogen) atoms. The summed E-state index contributed by atoms with van der Waals surface area (Å²) < 4.78 is 5.67. The van der Waals surface area contributed by atoms with Gasteiger partial charge < -0.3 is 4.74 Å². The number of methoxy groups -OCH3 is 1. The molecule has 4 nitrogen and oxygen atoms in total. The molecular formula is C11H12N2O2S2. The highest BCUT2D eigenvalue weighted by atomic mass is 32.2. The second kappa shape index (κ2) is 5.01. The minimum absolute atomic E-state index is 0.244. The van der Waals surface area contributed by atoms with Gasteiger partial charge in [0.1, 0.15) is 11.4 Å². The molecule has 0 bridgehead atoms. The number of hydrogen-bond acceptors (Lipinski definition) is 6. The normalized spacial score (nSPS) is 10.8. The van der Waals surface area contributed by atoms with Gasteiger partial charge in [0.15, 0.2) is 0 Å². The van der Waals surface area contributed by atoms with Gasteiger partial charge in [-0.2, -0.15) is 0 Å². The summed E-state index contributed by atoms with van der Waals surface area (Å²) in [5.41, 5.74) is 2.17. The first kappa shape index (κ1) is 12.3. The average molecular weight is 268 g/mol. The van der Waals surface area contributed by atoms with E-state index in [2.05, 4.69) is 28.6 Å². The molecule has 2 aromatic rings. The molecule has 0 saturated heterocycles. The maximum atomic E-state index is 11.1. The van der Waals surface area contributed by atoms with Crippen LogP contribution in [0.1, 0.15) is 10.4 Å². The first-order valence-electron chi connectivity index (χ1n) is 5.03. The van der Waals surface area contributed by atoms with Crippen LogP contribution in [0.15, 0.2) is 11.4 Å². The Hall–Kier alpha value is -1.14. The van der Waals surface area contributed by atoms with Crippen molar-refractivity contribution in [2.24, 2.45) is 0 Å². The molecule has 2 heterocycles. The molecule has 0 saturated carbocycles. The lowest BCUT2D eigenvalue weighted by molar-refractivity contribution is -0.137. The molecule has 0 aliphatic rings. The van der Waals surface area contributed by atoms with E-state index in [-0.39, 0.29) is 11.7 Å². The number of thiophene rings is 1. The van der Waals surface area contributed by atoms with Crippen LogP contribution >= 0.6 is 23.1 Å². The lowest BCUT2D eigenvalue weighted by atomic mass is 10.2. The summed E-state index contributed by atoms with van der Waals surface area (Å²) in [6.45, 7) is 4.12. The predicted molar refractivity (Wildman–Crippen MR) is 69.6 cm³/mol. The van der Waals surface area contributed by atoms with Crippen molar-refractivity contribution < 1.29 is 9.53 Å². The lowest BCUT2D eigenvalue weighted by Crippen LogP contribution is -2.03. The maximum absolute atomic E-state index is 11.1. The Morgan fingerprint density at radius 3 is 2.94 bits per heavy atom. The number of carbonyl (C=O) groups is 1. The van der Waals surface area contributed by atoms with Crippen LogP contribution in [0, 0.1) is 13.8 Å². The highest BCUT2D eigenvalue weighted by Crippen LogP contribution is 2.34. The third-order valence-electron chi connectivity index (χ3n) is 2.46. The minimum Gasteiger partial charge on any atom is -0.468 e. The number of aromatic nitrogens is 2. The van der Waals surface area contributed by atoms with Gasteiger partial charge in [0.25, 0.3) is 0 Å². The van der Waals surface area contributed by atoms with E-state index in [9.17, 15) is 4.79 Å². The zero-order valence-electron chi connectivity index (χ0n) is 9.81. The van der Waals surface area contributed by atoms with Crippen molar-refractivity contribution >= 4 is 39.3 Å². The SMILES string of the molecule is COC(=O)CSc1ncnc2c(C)c(C)sc12. The smallest absolute Gasteiger partial charge is 0.316 e. The molecule has 0 aliphatic heterocycles. The fourth-order valence-electron chi connectivity index (χ4n) is 1.40. The Kier molecular flexibility index (Phi) is 3.63. The second-order valence-electron chi connectivity index (χ2n) is 3.50. The molecule has 6 heteroatoms. The summed E-state index contributed by atoms with van der Waals surface area (Å²) in [7, 11) is 1.39. The van der Waals surface area contributed by atoms with Crippen LogP contribution in [-0.2, 0) is 9.53 Å². The van der Waals surface area contributed by atoms with Gasteiger partial charge in [-0.3, -0.25) is 4.79 Å². The fraction of sp³-hybridized carbons (Fsp3) is 0.364. The van der Waals surface area contributed by atoms with E-state index < -0.39 is 0 Å². The number of hydrogen-bond donors (Lipinski definition) is 0. The number of carbonyl (C=O) groups excluding carboxylic acids is 1. The summed E-state index contributed by atoms with van der Waals surface area (Å²) >= 11 is 3.06. The largest absolute Gasteiger partial charge is 0.468 e. The summed E-state index contributed by atoms with van der Waals surface area (Å²) in [5, 5.41) is 0.849. The molecular weight excluding hydrogens is 256 g/mol. The van der Waals surface area contributed by atoms with Gasteiger partial charge in [0, 0.05) is 4.88 Å². The summed E-state index contributed by atoms with van der Waals surface area (Å²) in [5.74, 6) is 0.0327. The summed E-state index contributed by atoms with van der Waals surface area (Å²) in [6, 6.07) is 0. The first-order valence-corrected chi connectivity index (χ1v) is 6.84. The quantitative estimate of drug-likeness (QED) is 0.486. The van der Waals surface area contributed by atoms with Crippen molar-refractivity contribution in [2.75, 3.05) is 12.9 Å². The molecule has 90 valence electrons. The lowest BCUT2D eigenvalue weighted by Gasteiger charge is -2.00. The van der Waals surface area contributed by atoms with Gasteiger partial charge in [-0.25, -0.2) is 9.97 Å². The monoisotopic (exact) mass is 268 g/mol. The third kappa shape index (κ3) is 2.42. The Labute approximate surface area is 107 Å². The van der Waals surface area contributed by atoms with Crippen LogP contribution < -0.4 is 0 Å². The van der Waals surface area contributed by atoms with Gasteiger partial charge in [0.05, 0.1) is 23.1 Å². The summed E-state index contributed by atoms with van der Waals surface area (Å²) in [4.78, 5) is 20.8. The molecule has 0 N–H and O–H groups in total. The van der Waals surface area contributed by atoms with Crippen LogP contribution in [0.25, 0.3) is 10.2 Å². The van der Waals surface area contributed by atoms with Crippen molar-refractivity contribution in [1.29, 1.82) is 0 Å². The van der Waals surface area contributed by atoms with Gasteiger partial charge in [0.2, 0.25) is 0 Å². The van der Waals surface area contributed by atoms with Crippen molar-refractivity contribution in [3.8, 4) is 0 Å². The zero-order valence-corrected chi connectivity index (χ0v) is 11.4. The topological polar surface area (TPSA) is 52.1 Å². The number of aryl methyl sites for hydroxylation is 2. The van der Waals surface area contributed by atoms with Crippen LogP contribution in [0.5, 0.6) is 0 Å². The van der Waals surface area contributed by atoms with Crippen LogP contribution in [0.3, 0.4) is 0 Å². The zero-order chi connectivity index (χ0) is 12.4. The van der Waals surface area contributed by atoms with Crippen LogP contribution in [0.4, 0.5) is 0 Å². The highest BCUT2D eigenvalue weighted by Gasteiger charge is 2.12. The Morgan fingerprint density at radius 1 is 1.47 bits per heavy atom. The van der Waals surface area contributed by atoms with E-state index in [4.69, 9.17) is 0 Å². The molecule has 0 aliphatic carbocycles. The standard InChI is InChI=1S/C11H12N2O2S2/c1-6-7(2)17-10-9(6)12-5-13-11(10)16-4-8(14)15-3/h5H,4H2,1-3H3. The molecule has 0 spiro atoms. The number of thioether (sulfide) groups is 1. The Balaban J connectivity index is 2.34. The fourth-order valence-corrected chi connectivity index (χ4v) is 3.42. The van der Waals surface area contributed by atoms with Crippen molar-refractivity contribution in [3.05, 3.63) is 16.8 Å². The number of fused-ring (bicyclic) bond motifs is 1. The Bertz CT molecular complexity index is 566. The van der Waals surface area contributed by atoms with Crippen LogP contribution in [0.2, 0.25) is 0 Å². The van der Waals surface area contributed by atoms with Gasteiger partial charge in [-0.15, -0.1) is 11.3 Å². The van der Waals surface area contributed by atoms with E-state index in [1.165, 1.54) is 29.3 Å². The van der Waals surface area contributed by atoms with Crippen molar-refractivity contribution in [2.45, 2.75) is 18.9 Å². The predicted octanol–water partition coefficient (Wildman–Crippen LogP) is 2.57. The molecule has 0 radical (unpaired) electrons. The van der Waals surface area contributed by atoms with Gasteiger partial charge in [-0.1, -0.05) is 11.8 Å². The van der Waals surface area contributed by atoms with Gasteiger partial charge >= 0.3 is 5.97 Å². The maximum Gasteiger partial charge on any atom is 0.316 e. The van der Waals surface area contributed by atoms with Crippen molar-refractivity contribution in [3.63, 3.8) is 0 Å².